The van der Waals surface area contributed by atoms with Crippen molar-refractivity contribution in [1.29, 1.82) is 0 Å². The van der Waals surface area contributed by atoms with Gasteiger partial charge in [0.25, 0.3) is 0 Å². The third-order valence-electron chi connectivity index (χ3n) is 3.28. The monoisotopic (exact) mass is 279 g/mol. The van der Waals surface area contributed by atoms with Gasteiger partial charge in [0, 0.05) is 12.1 Å². The van der Waals surface area contributed by atoms with Crippen molar-refractivity contribution in [3.63, 3.8) is 0 Å². The molecular formula is C14H18FN3O2. The maximum Gasteiger partial charge on any atom is 0.241 e. The van der Waals surface area contributed by atoms with Gasteiger partial charge in [-0.3, -0.25) is 9.59 Å². The van der Waals surface area contributed by atoms with Gasteiger partial charge in [-0.15, -0.1) is 0 Å². The van der Waals surface area contributed by atoms with E-state index < -0.39 is 17.8 Å². The van der Waals surface area contributed by atoms with Crippen molar-refractivity contribution in [3.05, 3.63) is 23.5 Å². The highest BCUT2D eigenvalue weighted by atomic mass is 19.1. The summed E-state index contributed by atoms with van der Waals surface area (Å²) in [5.74, 6) is -1.05. The predicted octanol–water partition coefficient (Wildman–Crippen LogP) is 1.78. The lowest BCUT2D eigenvalue weighted by Crippen LogP contribution is -2.35. The lowest BCUT2D eigenvalue weighted by molar-refractivity contribution is -0.117. The second-order valence-corrected chi connectivity index (χ2v) is 4.92. The van der Waals surface area contributed by atoms with Gasteiger partial charge in [0.15, 0.2) is 0 Å². The first kappa shape index (κ1) is 14.5. The Morgan fingerprint density at radius 1 is 1.50 bits per heavy atom. The highest BCUT2D eigenvalue weighted by Crippen LogP contribution is 2.28. The van der Waals surface area contributed by atoms with Crippen molar-refractivity contribution in [2.45, 2.75) is 38.6 Å². The van der Waals surface area contributed by atoms with Crippen LogP contribution in [0.4, 0.5) is 15.8 Å². The Labute approximate surface area is 116 Å². The standard InChI is InChI=1S/C14H18FN3O2/c1-2-3-10(16)14(20)18-12-7-11-8(6-9(12)15)4-5-13(19)17-11/h6-7,10H,2-5,16H2,1H3,(H,17,19)(H,18,20)/t10-/m0/s1. The Hall–Kier alpha value is -1.95. The maximum absolute atomic E-state index is 13.9. The summed E-state index contributed by atoms with van der Waals surface area (Å²) < 4.78 is 13.9. The van der Waals surface area contributed by atoms with Gasteiger partial charge < -0.3 is 16.4 Å². The number of hydrogen-bond donors (Lipinski definition) is 3. The molecule has 6 heteroatoms. The predicted molar refractivity (Wildman–Crippen MR) is 74.9 cm³/mol. The maximum atomic E-state index is 13.9. The van der Waals surface area contributed by atoms with Crippen LogP contribution >= 0.6 is 0 Å². The molecule has 1 aliphatic rings. The van der Waals surface area contributed by atoms with E-state index >= 15 is 0 Å². The van der Waals surface area contributed by atoms with Crippen molar-refractivity contribution in [2.24, 2.45) is 5.73 Å². The van der Waals surface area contributed by atoms with Gasteiger partial charge in [0.2, 0.25) is 11.8 Å². The number of aryl methyl sites for hydroxylation is 1. The number of carbonyl (C=O) groups is 2. The zero-order valence-corrected chi connectivity index (χ0v) is 11.3. The molecule has 0 fully saturated rings. The SMILES string of the molecule is CCC[C@H](N)C(=O)Nc1cc2c(cc1F)CCC(=O)N2. The smallest absolute Gasteiger partial charge is 0.241 e. The van der Waals surface area contributed by atoms with E-state index in [4.69, 9.17) is 5.73 Å². The molecule has 1 heterocycles. The molecule has 108 valence electrons. The van der Waals surface area contributed by atoms with Gasteiger partial charge in [-0.1, -0.05) is 13.3 Å². The Bertz CT molecular complexity index is 545. The summed E-state index contributed by atoms with van der Waals surface area (Å²) in [5.41, 5.74) is 7.00. The molecule has 1 atom stereocenters. The molecular weight excluding hydrogens is 261 g/mol. The molecule has 0 bridgehead atoms. The lowest BCUT2D eigenvalue weighted by atomic mass is 10.0. The summed E-state index contributed by atoms with van der Waals surface area (Å²) in [6.07, 6.45) is 2.16. The molecule has 0 saturated heterocycles. The molecule has 0 radical (unpaired) electrons. The Morgan fingerprint density at radius 3 is 2.95 bits per heavy atom. The second kappa shape index (κ2) is 6.00. The first-order valence-electron chi connectivity index (χ1n) is 6.70. The van der Waals surface area contributed by atoms with Crippen LogP contribution < -0.4 is 16.4 Å². The van der Waals surface area contributed by atoms with Gasteiger partial charge in [-0.05, 0) is 30.5 Å². The zero-order chi connectivity index (χ0) is 14.7. The normalized spacial score (nSPS) is 15.2. The Balaban J connectivity index is 2.18. The highest BCUT2D eigenvalue weighted by molar-refractivity contribution is 5.98. The van der Waals surface area contributed by atoms with Crippen LogP contribution in [0.2, 0.25) is 0 Å². The molecule has 2 rings (SSSR count). The van der Waals surface area contributed by atoms with E-state index in [1.54, 1.807) is 0 Å². The van der Waals surface area contributed by atoms with Crippen LogP contribution in [0.3, 0.4) is 0 Å². The topological polar surface area (TPSA) is 84.2 Å². The molecule has 20 heavy (non-hydrogen) atoms. The number of hydrogen-bond acceptors (Lipinski definition) is 3. The average molecular weight is 279 g/mol. The third-order valence-corrected chi connectivity index (χ3v) is 3.28. The number of halogens is 1. The van der Waals surface area contributed by atoms with Crippen LogP contribution in [0.25, 0.3) is 0 Å². The molecule has 1 aromatic carbocycles. The minimum absolute atomic E-state index is 0.0440. The van der Waals surface area contributed by atoms with E-state index in [0.717, 1.165) is 12.0 Å². The van der Waals surface area contributed by atoms with Crippen LogP contribution in [-0.4, -0.2) is 17.9 Å². The molecule has 0 spiro atoms. The molecule has 0 aromatic heterocycles. The fourth-order valence-electron chi connectivity index (χ4n) is 2.16. The van der Waals surface area contributed by atoms with Gasteiger partial charge in [0.05, 0.1) is 11.7 Å². The molecule has 0 aliphatic carbocycles. The van der Waals surface area contributed by atoms with E-state index in [0.29, 0.717) is 24.9 Å². The van der Waals surface area contributed by atoms with Gasteiger partial charge >= 0.3 is 0 Å². The number of fused-ring (bicyclic) bond motifs is 1. The van der Waals surface area contributed by atoms with Crippen molar-refractivity contribution < 1.29 is 14.0 Å². The van der Waals surface area contributed by atoms with Crippen LogP contribution in [0, 0.1) is 5.82 Å². The molecule has 0 saturated carbocycles. The van der Waals surface area contributed by atoms with Crippen LogP contribution in [0.1, 0.15) is 31.7 Å². The fraction of sp³-hybridized carbons (Fsp3) is 0.429. The average Bonchev–Trinajstić information content (AvgIpc) is 2.40. The molecule has 1 aromatic rings. The van der Waals surface area contributed by atoms with Crippen molar-refractivity contribution >= 4 is 23.2 Å². The molecule has 0 unspecified atom stereocenters. The van der Waals surface area contributed by atoms with Gasteiger partial charge in [-0.25, -0.2) is 4.39 Å². The first-order valence-corrected chi connectivity index (χ1v) is 6.70. The summed E-state index contributed by atoms with van der Waals surface area (Å²) in [6.45, 7) is 1.92. The minimum Gasteiger partial charge on any atom is -0.326 e. The van der Waals surface area contributed by atoms with Gasteiger partial charge in [0.1, 0.15) is 5.82 Å². The van der Waals surface area contributed by atoms with Crippen LogP contribution in [0.5, 0.6) is 0 Å². The highest BCUT2D eigenvalue weighted by Gasteiger charge is 2.20. The zero-order valence-electron chi connectivity index (χ0n) is 11.3. The van der Waals surface area contributed by atoms with Crippen molar-refractivity contribution in [2.75, 3.05) is 10.6 Å². The molecule has 4 N–H and O–H groups in total. The fourth-order valence-corrected chi connectivity index (χ4v) is 2.16. The minimum atomic E-state index is -0.662. The van der Waals surface area contributed by atoms with Crippen LogP contribution in [0.15, 0.2) is 12.1 Å². The summed E-state index contributed by atoms with van der Waals surface area (Å²) in [4.78, 5) is 23.1. The number of benzene rings is 1. The Kier molecular flexibility index (Phi) is 4.34. The third kappa shape index (κ3) is 3.14. The quantitative estimate of drug-likeness (QED) is 0.785. The first-order chi connectivity index (χ1) is 9.51. The summed E-state index contributed by atoms with van der Waals surface area (Å²) >= 11 is 0. The number of amides is 2. The van der Waals surface area contributed by atoms with E-state index in [-0.39, 0.29) is 11.6 Å². The number of rotatable bonds is 4. The molecule has 1 aliphatic heterocycles. The van der Waals surface area contributed by atoms with E-state index in [2.05, 4.69) is 10.6 Å². The van der Waals surface area contributed by atoms with E-state index in [1.165, 1.54) is 12.1 Å². The summed E-state index contributed by atoms with van der Waals surface area (Å²) in [5, 5.41) is 5.14. The number of carbonyl (C=O) groups excluding carboxylic acids is 2. The second-order valence-electron chi connectivity index (χ2n) is 4.92. The Morgan fingerprint density at radius 2 is 2.25 bits per heavy atom. The van der Waals surface area contributed by atoms with Crippen molar-refractivity contribution in [3.8, 4) is 0 Å². The lowest BCUT2D eigenvalue weighted by Gasteiger charge is -2.19. The number of nitrogens with one attached hydrogen (secondary N) is 2. The number of nitrogens with two attached hydrogens (primary N) is 1. The van der Waals surface area contributed by atoms with Crippen molar-refractivity contribution in [1.82, 2.24) is 0 Å². The summed E-state index contributed by atoms with van der Waals surface area (Å²) in [6, 6.07) is 2.12. The largest absolute Gasteiger partial charge is 0.326 e. The number of anilines is 2. The van der Waals surface area contributed by atoms with Gasteiger partial charge in [-0.2, -0.15) is 0 Å². The van der Waals surface area contributed by atoms with Crippen LogP contribution in [-0.2, 0) is 16.0 Å². The summed E-state index contributed by atoms with van der Waals surface area (Å²) in [7, 11) is 0. The van der Waals surface area contributed by atoms with E-state index in [1.807, 2.05) is 6.92 Å². The van der Waals surface area contributed by atoms with E-state index in [9.17, 15) is 14.0 Å². The molecule has 5 nitrogen and oxygen atoms in total. The molecule has 2 amide bonds.